The van der Waals surface area contributed by atoms with Crippen LogP contribution in [0.15, 0.2) is 40.9 Å². The van der Waals surface area contributed by atoms with E-state index in [1.165, 1.54) is 5.56 Å². The molecule has 1 aliphatic rings. The van der Waals surface area contributed by atoms with Crippen LogP contribution in [-0.2, 0) is 6.42 Å². The van der Waals surface area contributed by atoms with E-state index < -0.39 is 0 Å². The monoisotopic (exact) mass is 259 g/mol. The van der Waals surface area contributed by atoms with Crippen molar-refractivity contribution in [3.05, 3.63) is 58.1 Å². The van der Waals surface area contributed by atoms with Gasteiger partial charge < -0.3 is 4.74 Å². The molecule has 0 N–H and O–H groups in total. The Bertz CT molecular complexity index is 520. The van der Waals surface area contributed by atoms with Crippen molar-refractivity contribution in [3.63, 3.8) is 0 Å². The number of rotatable bonds is 0. The summed E-state index contributed by atoms with van der Waals surface area (Å²) in [5.74, 6) is 1.87. The first-order valence-electron chi connectivity index (χ1n) is 4.79. The summed E-state index contributed by atoms with van der Waals surface area (Å²) >= 11 is 3.42. The lowest BCUT2D eigenvalue weighted by atomic mass is 10.0. The lowest BCUT2D eigenvalue weighted by molar-refractivity contribution is 0.459. The maximum absolute atomic E-state index is 5.78. The first-order valence-corrected chi connectivity index (χ1v) is 5.59. The van der Waals surface area contributed by atoms with Crippen LogP contribution in [-0.4, -0.2) is 0 Å². The van der Waals surface area contributed by atoms with Gasteiger partial charge in [-0.05, 0) is 23.8 Å². The third-order valence-corrected chi connectivity index (χ3v) is 2.97. The van der Waals surface area contributed by atoms with Gasteiger partial charge in [0, 0.05) is 22.5 Å². The highest BCUT2D eigenvalue weighted by Gasteiger charge is 2.16. The van der Waals surface area contributed by atoms with Crippen molar-refractivity contribution in [1.82, 2.24) is 0 Å². The number of benzene rings is 2. The van der Waals surface area contributed by atoms with E-state index in [2.05, 4.69) is 28.1 Å². The lowest BCUT2D eigenvalue weighted by Gasteiger charge is -2.19. The zero-order chi connectivity index (χ0) is 10.3. The van der Waals surface area contributed by atoms with Crippen LogP contribution in [0.25, 0.3) is 0 Å². The number of ether oxygens (including phenoxy) is 1. The third kappa shape index (κ3) is 1.55. The Kier molecular flexibility index (Phi) is 2.03. The normalized spacial score (nSPS) is 12.6. The molecule has 1 radical (unpaired) electrons. The summed E-state index contributed by atoms with van der Waals surface area (Å²) in [5.41, 5.74) is 2.34. The number of hydrogen-bond donors (Lipinski definition) is 0. The van der Waals surface area contributed by atoms with Gasteiger partial charge in [-0.2, -0.15) is 0 Å². The average Bonchev–Trinajstić information content (AvgIpc) is 2.26. The van der Waals surface area contributed by atoms with Crippen molar-refractivity contribution in [2.45, 2.75) is 6.42 Å². The van der Waals surface area contributed by atoms with Crippen molar-refractivity contribution >= 4 is 15.9 Å². The van der Waals surface area contributed by atoms with E-state index in [4.69, 9.17) is 4.74 Å². The summed E-state index contributed by atoms with van der Waals surface area (Å²) in [6.45, 7) is 0. The molecule has 15 heavy (non-hydrogen) atoms. The smallest absolute Gasteiger partial charge is 0.131 e. The second-order valence-corrected chi connectivity index (χ2v) is 4.39. The SMILES string of the molecule is Brc1[c]c2c(cc1)Oc1ccccc1C2. The highest BCUT2D eigenvalue weighted by molar-refractivity contribution is 9.10. The molecule has 0 saturated carbocycles. The standard InChI is InChI=1S/C13H8BrO/c14-11-5-6-13-10(8-11)7-9-3-1-2-4-12(9)15-13/h1-6H,7H2. The van der Waals surface area contributed by atoms with Crippen molar-refractivity contribution in [1.29, 1.82) is 0 Å². The Hall–Kier alpha value is -1.28. The molecule has 0 saturated heterocycles. The van der Waals surface area contributed by atoms with Gasteiger partial charge in [0.1, 0.15) is 11.5 Å². The molecule has 0 bridgehead atoms. The molecule has 0 atom stereocenters. The molecule has 0 aromatic heterocycles. The highest BCUT2D eigenvalue weighted by atomic mass is 79.9. The van der Waals surface area contributed by atoms with Crippen LogP contribution in [0.4, 0.5) is 0 Å². The van der Waals surface area contributed by atoms with E-state index in [1.54, 1.807) is 0 Å². The van der Waals surface area contributed by atoms with Gasteiger partial charge in [-0.15, -0.1) is 0 Å². The van der Waals surface area contributed by atoms with Gasteiger partial charge in [-0.3, -0.25) is 0 Å². The fourth-order valence-corrected chi connectivity index (χ4v) is 2.15. The zero-order valence-electron chi connectivity index (χ0n) is 7.96. The molecule has 2 aromatic carbocycles. The maximum atomic E-state index is 5.78. The second-order valence-electron chi connectivity index (χ2n) is 3.54. The number of fused-ring (bicyclic) bond motifs is 2. The summed E-state index contributed by atoms with van der Waals surface area (Å²) in [7, 11) is 0. The largest absolute Gasteiger partial charge is 0.457 e. The molecule has 0 amide bonds. The van der Waals surface area contributed by atoms with Gasteiger partial charge in [0.05, 0.1) is 0 Å². The first-order chi connectivity index (χ1) is 7.33. The molecule has 73 valence electrons. The quantitative estimate of drug-likeness (QED) is 0.594. The maximum Gasteiger partial charge on any atom is 0.131 e. The first kappa shape index (κ1) is 8.98. The van der Waals surface area contributed by atoms with Gasteiger partial charge in [-0.25, -0.2) is 0 Å². The molecule has 3 rings (SSSR count). The fraction of sp³-hybridized carbons (Fsp3) is 0.0769. The summed E-state index contributed by atoms with van der Waals surface area (Å²) in [6.07, 6.45) is 0.894. The summed E-state index contributed by atoms with van der Waals surface area (Å²) < 4.78 is 6.76. The zero-order valence-corrected chi connectivity index (χ0v) is 9.54. The molecule has 1 aliphatic heterocycles. The summed E-state index contributed by atoms with van der Waals surface area (Å²) in [6, 6.07) is 15.3. The Labute approximate surface area is 96.8 Å². The Morgan fingerprint density at radius 2 is 1.93 bits per heavy atom. The minimum Gasteiger partial charge on any atom is -0.457 e. The van der Waals surface area contributed by atoms with Gasteiger partial charge in [0.25, 0.3) is 0 Å². The van der Waals surface area contributed by atoms with Gasteiger partial charge >= 0.3 is 0 Å². The summed E-state index contributed by atoms with van der Waals surface area (Å²) in [5, 5.41) is 0. The second kappa shape index (κ2) is 3.38. The molecule has 0 unspecified atom stereocenters. The van der Waals surface area contributed by atoms with Crippen LogP contribution in [0.5, 0.6) is 11.5 Å². The molecule has 0 aliphatic carbocycles. The fourth-order valence-electron chi connectivity index (χ4n) is 1.78. The number of halogens is 1. The molecular weight excluding hydrogens is 252 g/mol. The van der Waals surface area contributed by atoms with Crippen LogP contribution in [0, 0.1) is 6.07 Å². The van der Waals surface area contributed by atoms with Crippen molar-refractivity contribution in [3.8, 4) is 11.5 Å². The molecule has 2 aromatic rings. The lowest BCUT2D eigenvalue weighted by Crippen LogP contribution is -2.02. The average molecular weight is 260 g/mol. The number of para-hydroxylation sites is 1. The van der Waals surface area contributed by atoms with Gasteiger partial charge in [0.2, 0.25) is 0 Å². The van der Waals surface area contributed by atoms with Crippen LogP contribution < -0.4 is 4.74 Å². The predicted molar refractivity (Wildman–Crippen MR) is 62.3 cm³/mol. The van der Waals surface area contributed by atoms with E-state index in [-0.39, 0.29) is 0 Å². The van der Waals surface area contributed by atoms with E-state index >= 15 is 0 Å². The minimum absolute atomic E-state index is 0.894. The molecule has 2 heteroatoms. The Morgan fingerprint density at radius 3 is 2.87 bits per heavy atom. The van der Waals surface area contributed by atoms with Crippen LogP contribution in [0.1, 0.15) is 11.1 Å². The minimum atomic E-state index is 0.894. The highest BCUT2D eigenvalue weighted by Crippen LogP contribution is 2.36. The van der Waals surface area contributed by atoms with Gasteiger partial charge in [-0.1, -0.05) is 34.1 Å². The third-order valence-electron chi connectivity index (χ3n) is 2.51. The van der Waals surface area contributed by atoms with Gasteiger partial charge in [0.15, 0.2) is 0 Å². The molecule has 1 heterocycles. The predicted octanol–water partition coefficient (Wildman–Crippen LogP) is 3.95. The van der Waals surface area contributed by atoms with Crippen LogP contribution >= 0.6 is 15.9 Å². The van der Waals surface area contributed by atoms with Crippen molar-refractivity contribution < 1.29 is 4.74 Å². The van der Waals surface area contributed by atoms with E-state index in [9.17, 15) is 0 Å². The molecule has 1 nitrogen and oxygen atoms in total. The summed E-state index contributed by atoms with van der Waals surface area (Å²) in [4.78, 5) is 0. The van der Waals surface area contributed by atoms with E-state index in [0.717, 1.165) is 28.0 Å². The van der Waals surface area contributed by atoms with Crippen LogP contribution in [0.3, 0.4) is 0 Å². The van der Waals surface area contributed by atoms with Crippen LogP contribution in [0.2, 0.25) is 0 Å². The molecular formula is C13H8BrO. The molecule has 0 spiro atoms. The van der Waals surface area contributed by atoms with Crippen molar-refractivity contribution in [2.75, 3.05) is 0 Å². The van der Waals surface area contributed by atoms with E-state index in [1.807, 2.05) is 30.3 Å². The number of hydrogen-bond acceptors (Lipinski definition) is 1. The molecule has 0 fully saturated rings. The van der Waals surface area contributed by atoms with Crippen molar-refractivity contribution in [2.24, 2.45) is 0 Å². The Morgan fingerprint density at radius 1 is 1.07 bits per heavy atom. The Balaban J connectivity index is 2.11. The topological polar surface area (TPSA) is 9.23 Å². The van der Waals surface area contributed by atoms with E-state index in [0.29, 0.717) is 0 Å².